The Labute approximate surface area is 148 Å². The van der Waals surface area contributed by atoms with Gasteiger partial charge in [-0.05, 0) is 23.6 Å². The van der Waals surface area contributed by atoms with Crippen LogP contribution >= 0.6 is 23.1 Å². The van der Waals surface area contributed by atoms with E-state index in [4.69, 9.17) is 0 Å². The zero-order valence-electron chi connectivity index (χ0n) is 12.9. The summed E-state index contributed by atoms with van der Waals surface area (Å²) in [6.07, 6.45) is 4.56. The summed E-state index contributed by atoms with van der Waals surface area (Å²) in [7, 11) is 0. The van der Waals surface area contributed by atoms with Gasteiger partial charge in [0.1, 0.15) is 0 Å². The standard InChI is InChI=1S/C17H16N4OS2/c22-15(9-8-13-7-4-10-18-11-13)19-16-20-21-17(24-16)23-12-14-5-2-1-3-6-14/h1-7,10-11H,8-9,12H2,(H,19,20,22). The molecule has 0 aliphatic rings. The van der Waals surface area contributed by atoms with Crippen molar-refractivity contribution in [2.24, 2.45) is 0 Å². The van der Waals surface area contributed by atoms with E-state index in [1.165, 1.54) is 16.9 Å². The molecular weight excluding hydrogens is 340 g/mol. The highest BCUT2D eigenvalue weighted by Gasteiger charge is 2.09. The SMILES string of the molecule is O=C(CCc1cccnc1)Nc1nnc(SCc2ccccc2)s1. The van der Waals surface area contributed by atoms with Gasteiger partial charge in [0.2, 0.25) is 11.0 Å². The third-order valence-corrected chi connectivity index (χ3v) is 5.26. The normalized spacial score (nSPS) is 10.5. The van der Waals surface area contributed by atoms with E-state index >= 15 is 0 Å². The van der Waals surface area contributed by atoms with Crippen LogP contribution in [0.3, 0.4) is 0 Å². The highest BCUT2D eigenvalue weighted by atomic mass is 32.2. The Bertz CT molecular complexity index is 778. The topological polar surface area (TPSA) is 67.8 Å². The molecule has 3 aromatic rings. The maximum Gasteiger partial charge on any atom is 0.226 e. The number of aryl methyl sites for hydroxylation is 1. The number of pyridine rings is 1. The molecule has 0 aliphatic heterocycles. The number of carbonyl (C=O) groups excluding carboxylic acids is 1. The van der Waals surface area contributed by atoms with Crippen molar-refractivity contribution in [1.29, 1.82) is 0 Å². The summed E-state index contributed by atoms with van der Waals surface area (Å²) < 4.78 is 0.849. The third kappa shape index (κ3) is 5.14. The summed E-state index contributed by atoms with van der Waals surface area (Å²) in [5, 5.41) is 11.5. The van der Waals surface area contributed by atoms with E-state index in [-0.39, 0.29) is 5.91 Å². The fraction of sp³-hybridized carbons (Fsp3) is 0.176. The highest BCUT2D eigenvalue weighted by molar-refractivity contribution is 8.00. The van der Waals surface area contributed by atoms with Crippen molar-refractivity contribution >= 4 is 34.1 Å². The molecule has 0 spiro atoms. The smallest absolute Gasteiger partial charge is 0.226 e. The second kappa shape index (κ2) is 8.56. The average molecular weight is 356 g/mol. The van der Waals surface area contributed by atoms with Gasteiger partial charge in [0, 0.05) is 24.6 Å². The van der Waals surface area contributed by atoms with E-state index in [2.05, 4.69) is 32.6 Å². The van der Waals surface area contributed by atoms with Gasteiger partial charge >= 0.3 is 0 Å². The highest BCUT2D eigenvalue weighted by Crippen LogP contribution is 2.28. The molecule has 122 valence electrons. The van der Waals surface area contributed by atoms with Gasteiger partial charge in [-0.15, -0.1) is 10.2 Å². The fourth-order valence-corrected chi connectivity index (χ4v) is 3.75. The van der Waals surface area contributed by atoms with Crippen LogP contribution in [0.5, 0.6) is 0 Å². The van der Waals surface area contributed by atoms with Gasteiger partial charge in [-0.25, -0.2) is 0 Å². The molecule has 24 heavy (non-hydrogen) atoms. The van der Waals surface area contributed by atoms with Crippen LogP contribution in [-0.4, -0.2) is 21.1 Å². The average Bonchev–Trinajstić information content (AvgIpc) is 3.07. The number of thioether (sulfide) groups is 1. The molecule has 3 rings (SSSR count). The first-order valence-corrected chi connectivity index (χ1v) is 9.29. The number of amides is 1. The van der Waals surface area contributed by atoms with Gasteiger partial charge in [0.05, 0.1) is 0 Å². The maximum atomic E-state index is 12.0. The lowest BCUT2D eigenvalue weighted by Gasteiger charge is -2.01. The molecule has 7 heteroatoms. The quantitative estimate of drug-likeness (QED) is 0.515. The van der Waals surface area contributed by atoms with Gasteiger partial charge in [-0.2, -0.15) is 0 Å². The zero-order chi connectivity index (χ0) is 16.6. The number of hydrogen-bond acceptors (Lipinski definition) is 6. The Balaban J connectivity index is 1.46. The summed E-state index contributed by atoms with van der Waals surface area (Å²) in [6.45, 7) is 0. The summed E-state index contributed by atoms with van der Waals surface area (Å²) >= 11 is 3.02. The summed E-state index contributed by atoms with van der Waals surface area (Å²) in [4.78, 5) is 16.0. The van der Waals surface area contributed by atoms with Crippen molar-refractivity contribution in [3.05, 3.63) is 66.0 Å². The predicted molar refractivity (Wildman–Crippen MR) is 97.1 cm³/mol. The van der Waals surface area contributed by atoms with Crippen LogP contribution in [0.1, 0.15) is 17.5 Å². The van der Waals surface area contributed by atoms with Crippen LogP contribution in [0.25, 0.3) is 0 Å². The molecule has 2 aromatic heterocycles. The Morgan fingerprint density at radius 2 is 1.92 bits per heavy atom. The Morgan fingerprint density at radius 3 is 2.71 bits per heavy atom. The Kier molecular flexibility index (Phi) is 5.92. The van der Waals surface area contributed by atoms with Gasteiger partial charge in [-0.3, -0.25) is 9.78 Å². The van der Waals surface area contributed by atoms with Crippen LogP contribution in [0, 0.1) is 0 Å². The van der Waals surface area contributed by atoms with Gasteiger partial charge in [0.25, 0.3) is 0 Å². The predicted octanol–water partition coefficient (Wildman–Crippen LogP) is 3.80. The van der Waals surface area contributed by atoms with Crippen molar-refractivity contribution in [2.45, 2.75) is 22.9 Å². The molecule has 1 N–H and O–H groups in total. The number of carbonyl (C=O) groups is 1. The number of benzene rings is 1. The minimum Gasteiger partial charge on any atom is -0.300 e. The van der Waals surface area contributed by atoms with Crippen molar-refractivity contribution in [1.82, 2.24) is 15.2 Å². The molecule has 0 unspecified atom stereocenters. The first-order chi connectivity index (χ1) is 11.8. The molecule has 0 radical (unpaired) electrons. The molecule has 0 fully saturated rings. The molecule has 0 atom stereocenters. The molecule has 1 amide bonds. The van der Waals surface area contributed by atoms with Gasteiger partial charge < -0.3 is 5.32 Å². The lowest BCUT2D eigenvalue weighted by molar-refractivity contribution is -0.116. The second-order valence-electron chi connectivity index (χ2n) is 5.06. The number of hydrogen-bond donors (Lipinski definition) is 1. The van der Waals surface area contributed by atoms with Crippen LogP contribution in [-0.2, 0) is 17.0 Å². The molecule has 2 heterocycles. The molecular formula is C17H16N4OS2. The van der Waals surface area contributed by atoms with Crippen molar-refractivity contribution in [2.75, 3.05) is 5.32 Å². The largest absolute Gasteiger partial charge is 0.300 e. The third-order valence-electron chi connectivity index (χ3n) is 3.22. The Morgan fingerprint density at radius 1 is 1.08 bits per heavy atom. The van der Waals surface area contributed by atoms with E-state index < -0.39 is 0 Å². The van der Waals surface area contributed by atoms with Crippen LogP contribution < -0.4 is 5.32 Å². The van der Waals surface area contributed by atoms with E-state index in [1.54, 1.807) is 24.2 Å². The van der Waals surface area contributed by atoms with E-state index in [9.17, 15) is 4.79 Å². The monoisotopic (exact) mass is 356 g/mol. The van der Waals surface area contributed by atoms with E-state index in [1.807, 2.05) is 30.3 Å². The first-order valence-electron chi connectivity index (χ1n) is 7.48. The molecule has 0 saturated carbocycles. The molecule has 0 aliphatic carbocycles. The molecule has 5 nitrogen and oxygen atoms in total. The summed E-state index contributed by atoms with van der Waals surface area (Å²) in [5.41, 5.74) is 2.28. The van der Waals surface area contributed by atoms with Crippen LogP contribution in [0.2, 0.25) is 0 Å². The van der Waals surface area contributed by atoms with E-state index in [0.717, 1.165) is 15.7 Å². The van der Waals surface area contributed by atoms with Crippen molar-refractivity contribution in [3.8, 4) is 0 Å². The van der Waals surface area contributed by atoms with Crippen LogP contribution in [0.4, 0.5) is 5.13 Å². The zero-order valence-corrected chi connectivity index (χ0v) is 14.5. The number of aromatic nitrogens is 3. The first kappa shape index (κ1) is 16.6. The van der Waals surface area contributed by atoms with Gasteiger partial charge in [-0.1, -0.05) is 59.5 Å². The van der Waals surface area contributed by atoms with Crippen molar-refractivity contribution < 1.29 is 4.79 Å². The minimum atomic E-state index is -0.0605. The molecule has 0 saturated heterocycles. The lowest BCUT2D eigenvalue weighted by Crippen LogP contribution is -2.12. The number of rotatable bonds is 7. The lowest BCUT2D eigenvalue weighted by atomic mass is 10.1. The number of anilines is 1. The van der Waals surface area contributed by atoms with Gasteiger partial charge in [0.15, 0.2) is 4.34 Å². The van der Waals surface area contributed by atoms with E-state index in [0.29, 0.717) is 18.0 Å². The molecule has 1 aromatic carbocycles. The summed E-state index contributed by atoms with van der Waals surface area (Å²) in [6, 6.07) is 14.0. The van der Waals surface area contributed by atoms with Crippen molar-refractivity contribution in [3.63, 3.8) is 0 Å². The second-order valence-corrected chi connectivity index (χ2v) is 7.26. The van der Waals surface area contributed by atoms with Crippen LogP contribution in [0.15, 0.2) is 59.2 Å². The molecule has 0 bridgehead atoms. The summed E-state index contributed by atoms with van der Waals surface area (Å²) in [5.74, 6) is 0.777. The fourth-order valence-electron chi connectivity index (χ4n) is 2.02. The maximum absolute atomic E-state index is 12.0. The number of nitrogens with zero attached hydrogens (tertiary/aromatic N) is 3. The Hall–Kier alpha value is -2.25. The minimum absolute atomic E-state index is 0.0605. The number of nitrogens with one attached hydrogen (secondary N) is 1.